The van der Waals surface area contributed by atoms with Crippen LogP contribution in [0.5, 0.6) is 5.88 Å². The van der Waals surface area contributed by atoms with Gasteiger partial charge in [-0.1, -0.05) is 29.9 Å². The highest BCUT2D eigenvalue weighted by atomic mass is 19.1. The van der Waals surface area contributed by atoms with E-state index in [4.69, 9.17) is 4.74 Å². The smallest absolute Gasteiger partial charge is 0.250 e. The third kappa shape index (κ3) is 4.51. The van der Waals surface area contributed by atoms with Crippen LogP contribution in [0.3, 0.4) is 0 Å². The van der Waals surface area contributed by atoms with Crippen LogP contribution in [-0.4, -0.2) is 29.3 Å². The molecule has 4 nitrogen and oxygen atoms in total. The van der Waals surface area contributed by atoms with Crippen LogP contribution in [0.25, 0.3) is 0 Å². The van der Waals surface area contributed by atoms with Crippen molar-refractivity contribution in [2.45, 2.75) is 45.3 Å². The van der Waals surface area contributed by atoms with Crippen LogP contribution in [-0.2, 0) is 13.0 Å². The Hall–Kier alpha value is -2.66. The Balaban J connectivity index is 1.45. The summed E-state index contributed by atoms with van der Waals surface area (Å²) >= 11 is 0. The summed E-state index contributed by atoms with van der Waals surface area (Å²) in [5.41, 5.74) is 5.88. The molecular formula is C24H27FN2O2. The largest absolute Gasteiger partial charge is 0.470 e. The first-order valence-electron chi connectivity index (χ1n) is 10.2. The summed E-state index contributed by atoms with van der Waals surface area (Å²) in [5, 5.41) is 9.96. The summed E-state index contributed by atoms with van der Waals surface area (Å²) in [6.45, 7) is 3.61. The minimum Gasteiger partial charge on any atom is -0.470 e. The number of ether oxygens (including phenoxy) is 1. The van der Waals surface area contributed by atoms with E-state index in [2.05, 4.69) is 47.2 Å². The summed E-state index contributed by atoms with van der Waals surface area (Å²) in [6.07, 6.45) is 9.94. The molecule has 1 fully saturated rings. The lowest BCUT2D eigenvalue weighted by Crippen LogP contribution is -2.26. The molecule has 2 aliphatic rings. The highest BCUT2D eigenvalue weighted by Gasteiger charge is 2.27. The number of hydrogen-bond acceptors (Lipinski definition) is 4. The zero-order valence-corrected chi connectivity index (χ0v) is 16.8. The van der Waals surface area contributed by atoms with Gasteiger partial charge in [-0.3, -0.25) is 0 Å². The van der Waals surface area contributed by atoms with E-state index in [0.29, 0.717) is 6.54 Å². The van der Waals surface area contributed by atoms with Crippen LogP contribution in [0.1, 0.15) is 37.3 Å². The van der Waals surface area contributed by atoms with Crippen LogP contribution >= 0.6 is 0 Å². The fourth-order valence-corrected chi connectivity index (χ4v) is 4.12. The van der Waals surface area contributed by atoms with Gasteiger partial charge in [0.15, 0.2) is 5.82 Å². The summed E-state index contributed by atoms with van der Waals surface area (Å²) in [4.78, 5) is 6.18. The lowest BCUT2D eigenvalue weighted by atomic mass is 9.92. The second-order valence-corrected chi connectivity index (χ2v) is 7.76. The number of allylic oxidation sites excluding steroid dienone is 4. The lowest BCUT2D eigenvalue weighted by Gasteiger charge is -2.23. The van der Waals surface area contributed by atoms with Gasteiger partial charge < -0.3 is 14.7 Å². The van der Waals surface area contributed by atoms with E-state index >= 15 is 0 Å². The quantitative estimate of drug-likeness (QED) is 0.779. The Morgan fingerprint density at radius 3 is 2.90 bits per heavy atom. The van der Waals surface area contributed by atoms with E-state index in [1.807, 2.05) is 0 Å². The zero-order chi connectivity index (χ0) is 20.2. The lowest BCUT2D eigenvalue weighted by molar-refractivity contribution is 0.205. The molecule has 0 saturated carbocycles. The maximum Gasteiger partial charge on any atom is 0.250 e. The van der Waals surface area contributed by atoms with Crippen molar-refractivity contribution >= 4 is 5.69 Å². The Morgan fingerprint density at radius 1 is 1.24 bits per heavy atom. The highest BCUT2D eigenvalue weighted by molar-refractivity contribution is 5.56. The number of rotatable bonds is 6. The Labute approximate surface area is 171 Å². The number of halogens is 1. The molecule has 1 saturated heterocycles. The molecule has 2 aromatic rings. The van der Waals surface area contributed by atoms with Crippen LogP contribution in [0.15, 0.2) is 59.8 Å². The minimum atomic E-state index is -0.437. The predicted molar refractivity (Wildman–Crippen MR) is 113 cm³/mol. The normalized spacial score (nSPS) is 19.1. The van der Waals surface area contributed by atoms with E-state index in [1.54, 1.807) is 6.07 Å². The number of aliphatic hydroxyl groups is 1. The fourth-order valence-electron chi connectivity index (χ4n) is 4.12. The van der Waals surface area contributed by atoms with Gasteiger partial charge in [0.2, 0.25) is 0 Å². The first-order chi connectivity index (χ1) is 14.1. The fraction of sp³-hybridized carbons (Fsp3) is 0.375. The number of anilines is 1. The molecule has 4 rings (SSSR count). The second kappa shape index (κ2) is 8.78. The number of benzene rings is 1. The summed E-state index contributed by atoms with van der Waals surface area (Å²) in [7, 11) is 0. The molecule has 0 spiro atoms. The van der Waals surface area contributed by atoms with Crippen molar-refractivity contribution in [2.75, 3.05) is 18.0 Å². The van der Waals surface area contributed by atoms with E-state index in [0.717, 1.165) is 43.5 Å². The van der Waals surface area contributed by atoms with Crippen molar-refractivity contribution in [1.82, 2.24) is 4.98 Å². The molecule has 1 aliphatic heterocycles. The molecule has 1 aromatic heterocycles. The molecule has 0 amide bonds. The molecule has 1 N–H and O–H groups in total. The first kappa shape index (κ1) is 19.6. The molecule has 1 atom stereocenters. The number of pyridine rings is 1. The summed E-state index contributed by atoms with van der Waals surface area (Å²) in [6, 6.07) is 9.25. The van der Waals surface area contributed by atoms with Gasteiger partial charge in [-0.2, -0.15) is 0 Å². The number of aromatic nitrogens is 1. The monoisotopic (exact) mass is 394 g/mol. The molecule has 0 radical (unpaired) electrons. The maximum absolute atomic E-state index is 13.8. The van der Waals surface area contributed by atoms with E-state index in [1.165, 1.54) is 29.0 Å². The van der Waals surface area contributed by atoms with Crippen LogP contribution in [0.2, 0.25) is 0 Å². The molecule has 5 heteroatoms. The standard InChI is InChI=1S/C24H27FN2O2/c1-17-5-2-3-6-19(17)13-18-8-9-23(20(14-18)16-28)27-12-10-21(15-27)29-24-22(25)7-4-11-26-24/h4-9,11,14,21,28H,2-3,10,12-13,15-16H2,1H3/t21-/m0/s1. The zero-order valence-electron chi connectivity index (χ0n) is 16.8. The molecule has 152 valence electrons. The van der Waals surface area contributed by atoms with Gasteiger partial charge >= 0.3 is 0 Å². The van der Waals surface area contributed by atoms with Gasteiger partial charge in [-0.05, 0) is 55.5 Å². The van der Waals surface area contributed by atoms with Crippen molar-refractivity contribution in [3.8, 4) is 5.88 Å². The number of aliphatic hydroxyl groups excluding tert-OH is 1. The van der Waals surface area contributed by atoms with Gasteiger partial charge in [0.05, 0.1) is 13.2 Å². The molecule has 0 unspecified atom stereocenters. The van der Waals surface area contributed by atoms with E-state index in [9.17, 15) is 9.50 Å². The topological polar surface area (TPSA) is 45.6 Å². The average Bonchev–Trinajstić information content (AvgIpc) is 3.19. The molecule has 29 heavy (non-hydrogen) atoms. The minimum absolute atomic E-state index is 0.00602. The van der Waals surface area contributed by atoms with Crippen molar-refractivity contribution in [1.29, 1.82) is 0 Å². The summed E-state index contributed by atoms with van der Waals surface area (Å²) in [5.74, 6) is -0.381. The van der Waals surface area contributed by atoms with Gasteiger partial charge in [0.25, 0.3) is 5.88 Å². The Kier molecular flexibility index (Phi) is 5.95. The summed E-state index contributed by atoms with van der Waals surface area (Å²) < 4.78 is 19.6. The van der Waals surface area contributed by atoms with Gasteiger partial charge in [-0.25, -0.2) is 9.37 Å². The first-order valence-corrected chi connectivity index (χ1v) is 10.2. The van der Waals surface area contributed by atoms with Crippen LogP contribution < -0.4 is 9.64 Å². The van der Waals surface area contributed by atoms with Gasteiger partial charge in [0, 0.05) is 30.4 Å². The second-order valence-electron chi connectivity index (χ2n) is 7.76. The van der Waals surface area contributed by atoms with Crippen molar-refractivity contribution in [3.05, 3.63) is 76.8 Å². The highest BCUT2D eigenvalue weighted by Crippen LogP contribution is 2.30. The molecule has 2 heterocycles. The molecule has 0 bridgehead atoms. The van der Waals surface area contributed by atoms with Crippen molar-refractivity contribution < 1.29 is 14.2 Å². The molecular weight excluding hydrogens is 367 g/mol. The number of hydrogen-bond donors (Lipinski definition) is 1. The van der Waals surface area contributed by atoms with Crippen LogP contribution in [0, 0.1) is 5.82 Å². The van der Waals surface area contributed by atoms with Crippen molar-refractivity contribution in [2.24, 2.45) is 0 Å². The van der Waals surface area contributed by atoms with E-state index in [-0.39, 0.29) is 18.6 Å². The number of nitrogens with zero attached hydrogens (tertiary/aromatic N) is 2. The van der Waals surface area contributed by atoms with Crippen LogP contribution in [0.4, 0.5) is 10.1 Å². The third-order valence-corrected chi connectivity index (χ3v) is 5.71. The molecule has 1 aromatic carbocycles. The SMILES string of the molecule is CC1=CCCC=C1Cc1ccc(N2CC[C@H](Oc3ncccc3F)C2)c(CO)c1. The predicted octanol–water partition coefficient (Wildman–Crippen LogP) is 4.58. The van der Waals surface area contributed by atoms with Crippen molar-refractivity contribution in [3.63, 3.8) is 0 Å². The Morgan fingerprint density at radius 2 is 2.10 bits per heavy atom. The van der Waals surface area contributed by atoms with E-state index < -0.39 is 5.82 Å². The maximum atomic E-state index is 13.8. The van der Waals surface area contributed by atoms with Gasteiger partial charge in [-0.15, -0.1) is 0 Å². The van der Waals surface area contributed by atoms with Gasteiger partial charge in [0.1, 0.15) is 6.10 Å². The Bertz CT molecular complexity index is 938. The average molecular weight is 394 g/mol. The third-order valence-electron chi connectivity index (χ3n) is 5.71. The molecule has 1 aliphatic carbocycles.